The van der Waals surface area contributed by atoms with Gasteiger partial charge in [0.1, 0.15) is 5.60 Å². The lowest BCUT2D eigenvalue weighted by Crippen LogP contribution is -2.50. The van der Waals surface area contributed by atoms with Gasteiger partial charge in [0.25, 0.3) is 0 Å². The summed E-state index contributed by atoms with van der Waals surface area (Å²) in [5.41, 5.74) is 1.70. The quantitative estimate of drug-likeness (QED) is 0.244. The third-order valence-electron chi connectivity index (χ3n) is 11.3. The summed E-state index contributed by atoms with van der Waals surface area (Å²) < 4.78 is 0. The van der Waals surface area contributed by atoms with Crippen LogP contribution in [0.1, 0.15) is 98.8 Å². The fraction of sp³-hybridized carbons (Fsp3) is 0.862. The van der Waals surface area contributed by atoms with E-state index in [2.05, 4.69) is 47.3 Å². The van der Waals surface area contributed by atoms with Crippen molar-refractivity contribution in [3.05, 3.63) is 24.3 Å². The van der Waals surface area contributed by atoms with Crippen molar-refractivity contribution in [2.75, 3.05) is 0 Å². The molecule has 2 N–H and O–H groups in total. The van der Waals surface area contributed by atoms with E-state index in [1.165, 1.54) is 38.5 Å². The molecule has 9 atom stereocenters. The van der Waals surface area contributed by atoms with Gasteiger partial charge in [0.2, 0.25) is 0 Å². The summed E-state index contributed by atoms with van der Waals surface area (Å²) in [4.78, 5) is 4.99. The molecule has 3 fully saturated rings. The fourth-order valence-corrected chi connectivity index (χ4v) is 9.09. The van der Waals surface area contributed by atoms with Crippen molar-refractivity contribution in [3.63, 3.8) is 0 Å². The third kappa shape index (κ3) is 3.75. The van der Waals surface area contributed by atoms with E-state index in [-0.39, 0.29) is 12.0 Å². The van der Waals surface area contributed by atoms with Crippen LogP contribution in [0.4, 0.5) is 0 Å². The number of allylic oxidation sites excluding steroid dienone is 1. The van der Waals surface area contributed by atoms with Gasteiger partial charge < -0.3 is 5.11 Å². The van der Waals surface area contributed by atoms with Gasteiger partial charge in [-0.05, 0) is 111 Å². The topological polar surface area (TPSA) is 49.7 Å². The van der Waals surface area contributed by atoms with Gasteiger partial charge in [-0.15, -0.1) is 6.58 Å². The lowest BCUT2D eigenvalue weighted by Gasteiger charge is -2.58. The summed E-state index contributed by atoms with van der Waals surface area (Å²) in [6.07, 6.45) is 15.9. The van der Waals surface area contributed by atoms with E-state index < -0.39 is 5.60 Å². The molecule has 7 unspecified atom stereocenters. The Labute approximate surface area is 196 Å². The fourth-order valence-electron chi connectivity index (χ4n) is 9.09. The lowest BCUT2D eigenvalue weighted by atomic mass is 9.47. The molecule has 4 aliphatic carbocycles. The van der Waals surface area contributed by atoms with Gasteiger partial charge >= 0.3 is 0 Å². The van der Waals surface area contributed by atoms with Crippen molar-refractivity contribution in [2.45, 2.75) is 111 Å². The first-order valence-electron chi connectivity index (χ1n) is 13.4. The van der Waals surface area contributed by atoms with Crippen molar-refractivity contribution in [2.24, 2.45) is 46.3 Å². The Morgan fingerprint density at radius 2 is 1.91 bits per heavy atom. The summed E-state index contributed by atoms with van der Waals surface area (Å²) in [5.74, 6) is 4.05. The number of hydrogen-bond acceptors (Lipinski definition) is 3. The minimum Gasteiger partial charge on any atom is -0.393 e. The van der Waals surface area contributed by atoms with Gasteiger partial charge in [-0.1, -0.05) is 52.3 Å². The average molecular weight is 445 g/mol. The molecule has 0 aliphatic heterocycles. The predicted octanol–water partition coefficient (Wildman–Crippen LogP) is 7.41. The number of hydrogen-bond donors (Lipinski definition) is 2. The molecule has 0 aromatic heterocycles. The molecule has 0 aromatic carbocycles. The van der Waals surface area contributed by atoms with Crippen molar-refractivity contribution < 1.29 is 15.3 Å². The highest BCUT2D eigenvalue weighted by Gasteiger charge is 2.59. The Hall–Kier alpha value is -0.640. The van der Waals surface area contributed by atoms with Gasteiger partial charge in [0, 0.05) is 0 Å². The SMILES string of the molecule is C=CC(CC[C@@H](C)C1CCC2C3CC=C4C[C@@H](O)CCC4(C)C3CCC21C)(OO)C(C)C. The van der Waals surface area contributed by atoms with Gasteiger partial charge in [0.05, 0.1) is 6.10 Å². The minimum atomic E-state index is -0.629. The van der Waals surface area contributed by atoms with Crippen LogP contribution in [0.5, 0.6) is 0 Å². The van der Waals surface area contributed by atoms with Crippen molar-refractivity contribution in [1.82, 2.24) is 0 Å². The normalized spacial score (nSPS) is 44.1. The standard InChI is InChI=1S/C29H48O3/c1-7-29(32-31,19(2)3)17-12-20(4)24-10-11-25-23-9-8-21-18-22(30)13-15-27(21,5)26(23)14-16-28(24,25)6/h7-8,19-20,22-26,30-31H,1,9-18H2,2-6H3/t20-,22+,23?,24?,25?,26?,27?,28?,29?/m1/s1. The maximum Gasteiger partial charge on any atom is 0.123 e. The maximum absolute atomic E-state index is 10.3. The van der Waals surface area contributed by atoms with Crippen LogP contribution in [-0.4, -0.2) is 22.1 Å². The number of rotatable bonds is 7. The maximum atomic E-state index is 10.3. The summed E-state index contributed by atoms with van der Waals surface area (Å²) >= 11 is 0. The van der Waals surface area contributed by atoms with Crippen LogP contribution >= 0.6 is 0 Å². The molecular weight excluding hydrogens is 396 g/mol. The smallest absolute Gasteiger partial charge is 0.123 e. The Morgan fingerprint density at radius 3 is 2.56 bits per heavy atom. The minimum absolute atomic E-state index is 0.118. The van der Waals surface area contributed by atoms with Crippen molar-refractivity contribution in [1.29, 1.82) is 0 Å². The summed E-state index contributed by atoms with van der Waals surface area (Å²) in [6, 6.07) is 0. The first-order valence-corrected chi connectivity index (χ1v) is 13.4. The van der Waals surface area contributed by atoms with E-state index in [0.717, 1.165) is 49.4 Å². The first-order chi connectivity index (χ1) is 15.1. The first kappa shape index (κ1) is 24.5. The van der Waals surface area contributed by atoms with E-state index in [4.69, 9.17) is 4.89 Å². The molecule has 3 heteroatoms. The van der Waals surface area contributed by atoms with Crippen LogP contribution in [0.25, 0.3) is 0 Å². The number of fused-ring (bicyclic) bond motifs is 5. The molecule has 0 spiro atoms. The Balaban J connectivity index is 1.49. The van der Waals surface area contributed by atoms with Crippen LogP contribution in [0.2, 0.25) is 0 Å². The van der Waals surface area contributed by atoms with E-state index >= 15 is 0 Å². The van der Waals surface area contributed by atoms with Crippen LogP contribution < -0.4 is 0 Å². The second-order valence-corrected chi connectivity index (χ2v) is 12.8. The molecule has 0 heterocycles. The van der Waals surface area contributed by atoms with E-state index in [0.29, 0.717) is 16.7 Å². The van der Waals surface area contributed by atoms with Gasteiger partial charge in [-0.2, -0.15) is 0 Å². The number of aliphatic hydroxyl groups excluding tert-OH is 1. The highest BCUT2D eigenvalue weighted by molar-refractivity contribution is 5.25. The zero-order chi connectivity index (χ0) is 23.3. The van der Waals surface area contributed by atoms with Gasteiger partial charge in [0.15, 0.2) is 0 Å². The summed E-state index contributed by atoms with van der Waals surface area (Å²) in [7, 11) is 0. The molecule has 3 saturated carbocycles. The molecule has 0 radical (unpaired) electrons. The molecule has 0 saturated heterocycles. The predicted molar refractivity (Wildman–Crippen MR) is 131 cm³/mol. The van der Waals surface area contributed by atoms with Crippen molar-refractivity contribution >= 4 is 0 Å². The summed E-state index contributed by atoms with van der Waals surface area (Å²) in [6.45, 7) is 15.7. The molecular formula is C29H48O3. The van der Waals surface area contributed by atoms with Crippen LogP contribution in [0, 0.1) is 46.3 Å². The second-order valence-electron chi connectivity index (χ2n) is 12.8. The molecule has 0 bridgehead atoms. The molecule has 32 heavy (non-hydrogen) atoms. The molecule has 4 aliphatic rings. The van der Waals surface area contributed by atoms with Crippen LogP contribution in [0.15, 0.2) is 24.3 Å². The third-order valence-corrected chi connectivity index (χ3v) is 11.3. The molecule has 0 amide bonds. The molecule has 4 rings (SSSR count). The highest BCUT2D eigenvalue weighted by atomic mass is 17.1. The van der Waals surface area contributed by atoms with E-state index in [1.54, 1.807) is 5.57 Å². The second kappa shape index (κ2) is 8.86. The molecule has 0 aromatic rings. The van der Waals surface area contributed by atoms with Gasteiger partial charge in [-0.3, -0.25) is 5.26 Å². The summed E-state index contributed by atoms with van der Waals surface area (Å²) in [5, 5.41) is 19.9. The zero-order valence-corrected chi connectivity index (χ0v) is 21.3. The Kier molecular flexibility index (Phi) is 6.78. The van der Waals surface area contributed by atoms with Crippen LogP contribution in [0.3, 0.4) is 0 Å². The molecule has 3 nitrogen and oxygen atoms in total. The Morgan fingerprint density at radius 1 is 1.16 bits per heavy atom. The van der Waals surface area contributed by atoms with Gasteiger partial charge in [-0.25, -0.2) is 4.89 Å². The molecule has 182 valence electrons. The van der Waals surface area contributed by atoms with E-state index in [9.17, 15) is 10.4 Å². The van der Waals surface area contributed by atoms with Crippen molar-refractivity contribution in [3.8, 4) is 0 Å². The largest absolute Gasteiger partial charge is 0.393 e. The number of aliphatic hydroxyl groups is 1. The monoisotopic (exact) mass is 444 g/mol. The zero-order valence-electron chi connectivity index (χ0n) is 21.3. The van der Waals surface area contributed by atoms with Crippen LogP contribution in [-0.2, 0) is 4.89 Å². The highest BCUT2D eigenvalue weighted by Crippen LogP contribution is 2.67. The van der Waals surface area contributed by atoms with E-state index in [1.807, 2.05) is 6.08 Å². The average Bonchev–Trinajstić information content (AvgIpc) is 3.12. The lowest BCUT2D eigenvalue weighted by molar-refractivity contribution is -0.321. The Bertz CT molecular complexity index is 728.